The number of nitrogens with one attached hydrogen (secondary N) is 1. The van der Waals surface area contributed by atoms with Crippen LogP contribution in [-0.4, -0.2) is 38.6 Å². The summed E-state index contributed by atoms with van der Waals surface area (Å²) in [7, 11) is -3.68. The highest BCUT2D eigenvalue weighted by Gasteiger charge is 2.27. The van der Waals surface area contributed by atoms with Gasteiger partial charge in [-0.25, -0.2) is 8.42 Å². The molecule has 0 saturated heterocycles. The molecule has 0 aliphatic carbocycles. The van der Waals surface area contributed by atoms with Crippen molar-refractivity contribution in [1.82, 2.24) is 5.32 Å². The number of hydrogen-bond donors (Lipinski definition) is 2. The predicted octanol–water partition coefficient (Wildman–Crippen LogP) is 0.156. The van der Waals surface area contributed by atoms with Gasteiger partial charge in [-0.1, -0.05) is 18.2 Å². The van der Waals surface area contributed by atoms with Crippen molar-refractivity contribution in [1.29, 1.82) is 0 Å². The van der Waals surface area contributed by atoms with Gasteiger partial charge < -0.3 is 15.8 Å². The first-order chi connectivity index (χ1) is 10.8. The lowest BCUT2D eigenvalue weighted by atomic mass is 10.2. The van der Waals surface area contributed by atoms with E-state index in [1.54, 1.807) is 18.2 Å². The second-order valence-corrected chi connectivity index (χ2v) is 7.21. The molecular weight excluding hydrogens is 320 g/mol. The van der Waals surface area contributed by atoms with E-state index in [1.807, 2.05) is 0 Å². The summed E-state index contributed by atoms with van der Waals surface area (Å²) in [6.07, 6.45) is 1.47. The highest BCUT2D eigenvalue weighted by molar-refractivity contribution is 7.92. The van der Waals surface area contributed by atoms with Crippen LogP contribution in [0.3, 0.4) is 0 Å². The second-order valence-electron chi connectivity index (χ2n) is 4.89. The second kappa shape index (κ2) is 8.33. The molecule has 8 heteroatoms. The number of ether oxygens (including phenoxy) is 1. The highest BCUT2D eigenvalue weighted by atomic mass is 32.2. The number of primary amides is 1. The summed E-state index contributed by atoms with van der Waals surface area (Å²) in [4.78, 5) is 22.5. The lowest BCUT2D eigenvalue weighted by Crippen LogP contribution is -2.38. The molecule has 23 heavy (non-hydrogen) atoms. The predicted molar refractivity (Wildman–Crippen MR) is 86.4 cm³/mol. The van der Waals surface area contributed by atoms with Crippen LogP contribution in [0.15, 0.2) is 36.9 Å². The van der Waals surface area contributed by atoms with Crippen molar-refractivity contribution in [3.63, 3.8) is 0 Å². The molecular formula is C15H20N2O5S. The molecule has 2 amide bonds. The molecule has 1 rings (SSSR count). The van der Waals surface area contributed by atoms with Crippen LogP contribution in [0, 0.1) is 0 Å². The van der Waals surface area contributed by atoms with Gasteiger partial charge in [0.25, 0.3) is 5.91 Å². The number of carbonyl (C=O) groups is 2. The van der Waals surface area contributed by atoms with E-state index in [-0.39, 0.29) is 18.9 Å². The Labute approximate surface area is 135 Å². The maximum Gasteiger partial charge on any atom is 0.255 e. The van der Waals surface area contributed by atoms with E-state index in [0.29, 0.717) is 11.3 Å². The number of benzene rings is 1. The molecule has 7 nitrogen and oxygen atoms in total. The Balaban J connectivity index is 2.80. The van der Waals surface area contributed by atoms with E-state index in [2.05, 4.69) is 11.9 Å². The molecule has 0 unspecified atom stereocenters. The Hall–Kier alpha value is -2.35. The molecule has 126 valence electrons. The monoisotopic (exact) mass is 340 g/mol. The molecule has 0 bridgehead atoms. The minimum absolute atomic E-state index is 0.204. The zero-order valence-electron chi connectivity index (χ0n) is 12.8. The highest BCUT2D eigenvalue weighted by Crippen LogP contribution is 2.17. The van der Waals surface area contributed by atoms with Crippen LogP contribution in [0.1, 0.15) is 12.5 Å². The van der Waals surface area contributed by atoms with E-state index in [1.165, 1.54) is 19.1 Å². The van der Waals surface area contributed by atoms with Crippen molar-refractivity contribution in [3.8, 4) is 5.75 Å². The van der Waals surface area contributed by atoms with Crippen molar-refractivity contribution < 1.29 is 22.7 Å². The SMILES string of the molecule is C=CCNC(=O)[C@H](C)S(=O)(=O)Cc1cccc(OCC(N)=O)c1. The van der Waals surface area contributed by atoms with Crippen LogP contribution >= 0.6 is 0 Å². The average Bonchev–Trinajstić information content (AvgIpc) is 2.49. The van der Waals surface area contributed by atoms with E-state index in [9.17, 15) is 18.0 Å². The molecule has 0 radical (unpaired) electrons. The standard InChI is InChI=1S/C15H20N2O5S/c1-3-7-17-15(19)11(2)23(20,21)10-12-5-4-6-13(8-12)22-9-14(16)18/h3-6,8,11H,1,7,9-10H2,2H3,(H2,16,18)(H,17,19)/t11-/m0/s1. The van der Waals surface area contributed by atoms with Gasteiger partial charge in [-0.15, -0.1) is 6.58 Å². The first-order valence-electron chi connectivity index (χ1n) is 6.86. The van der Waals surface area contributed by atoms with Crippen LogP contribution in [0.2, 0.25) is 0 Å². The average molecular weight is 340 g/mol. The van der Waals surface area contributed by atoms with Crippen LogP contribution in [-0.2, 0) is 25.2 Å². The number of nitrogens with two attached hydrogens (primary N) is 1. The van der Waals surface area contributed by atoms with E-state index < -0.39 is 26.9 Å². The molecule has 0 aliphatic heterocycles. The quantitative estimate of drug-likeness (QED) is 0.621. The fraction of sp³-hybridized carbons (Fsp3) is 0.333. The number of sulfone groups is 1. The Kier molecular flexibility index (Phi) is 6.77. The zero-order chi connectivity index (χ0) is 17.5. The van der Waals surface area contributed by atoms with E-state index in [4.69, 9.17) is 10.5 Å². The van der Waals surface area contributed by atoms with Crippen molar-refractivity contribution in [2.45, 2.75) is 17.9 Å². The molecule has 3 N–H and O–H groups in total. The topological polar surface area (TPSA) is 116 Å². The number of rotatable bonds is 9. The van der Waals surface area contributed by atoms with Gasteiger partial charge in [-0.05, 0) is 24.6 Å². The summed E-state index contributed by atoms with van der Waals surface area (Å²) in [5.74, 6) is -1.19. The molecule has 0 aliphatic rings. The van der Waals surface area contributed by atoms with Crippen molar-refractivity contribution in [2.75, 3.05) is 13.2 Å². The number of amides is 2. The van der Waals surface area contributed by atoms with Crippen LogP contribution in [0.5, 0.6) is 5.75 Å². The fourth-order valence-electron chi connectivity index (χ4n) is 1.72. The zero-order valence-corrected chi connectivity index (χ0v) is 13.6. The van der Waals surface area contributed by atoms with Gasteiger partial charge in [-0.3, -0.25) is 9.59 Å². The third-order valence-electron chi connectivity index (χ3n) is 2.98. The first-order valence-corrected chi connectivity index (χ1v) is 8.58. The fourth-order valence-corrected chi connectivity index (χ4v) is 3.02. The van der Waals surface area contributed by atoms with Gasteiger partial charge in [0.2, 0.25) is 5.91 Å². The maximum atomic E-state index is 12.3. The maximum absolute atomic E-state index is 12.3. The van der Waals surface area contributed by atoms with Crippen LogP contribution < -0.4 is 15.8 Å². The van der Waals surface area contributed by atoms with Gasteiger partial charge in [-0.2, -0.15) is 0 Å². The molecule has 0 heterocycles. The van der Waals surface area contributed by atoms with E-state index in [0.717, 1.165) is 0 Å². The summed E-state index contributed by atoms with van der Waals surface area (Å²) < 4.78 is 29.7. The van der Waals surface area contributed by atoms with Crippen LogP contribution in [0.4, 0.5) is 0 Å². The normalized spacial score (nSPS) is 12.2. The summed E-state index contributed by atoms with van der Waals surface area (Å²) in [5.41, 5.74) is 5.44. The third-order valence-corrected chi connectivity index (χ3v) is 5.00. The molecule has 1 aromatic carbocycles. The van der Waals surface area contributed by atoms with Gasteiger partial charge >= 0.3 is 0 Å². The summed E-state index contributed by atoms with van der Waals surface area (Å²) in [5, 5.41) is 1.27. The number of carbonyl (C=O) groups excluding carboxylic acids is 2. The van der Waals surface area contributed by atoms with Crippen molar-refractivity contribution in [3.05, 3.63) is 42.5 Å². The lowest BCUT2D eigenvalue weighted by molar-refractivity contribution is -0.120. The Morgan fingerprint density at radius 1 is 1.43 bits per heavy atom. The summed E-state index contributed by atoms with van der Waals surface area (Å²) in [6, 6.07) is 6.28. The molecule has 0 spiro atoms. The Morgan fingerprint density at radius 2 is 2.13 bits per heavy atom. The van der Waals surface area contributed by atoms with Gasteiger partial charge in [0.15, 0.2) is 16.4 Å². The van der Waals surface area contributed by atoms with Crippen molar-refractivity contribution >= 4 is 21.7 Å². The summed E-state index contributed by atoms with van der Waals surface area (Å²) in [6.45, 7) is 4.69. The van der Waals surface area contributed by atoms with Gasteiger partial charge in [0.1, 0.15) is 11.0 Å². The molecule has 0 saturated carbocycles. The first kappa shape index (κ1) is 18.7. The van der Waals surface area contributed by atoms with Gasteiger partial charge in [0.05, 0.1) is 5.75 Å². The minimum atomic E-state index is -3.68. The Bertz CT molecular complexity index is 685. The van der Waals surface area contributed by atoms with E-state index >= 15 is 0 Å². The summed E-state index contributed by atoms with van der Waals surface area (Å²) >= 11 is 0. The smallest absolute Gasteiger partial charge is 0.255 e. The number of hydrogen-bond acceptors (Lipinski definition) is 5. The van der Waals surface area contributed by atoms with Gasteiger partial charge in [0, 0.05) is 6.54 Å². The molecule has 1 atom stereocenters. The minimum Gasteiger partial charge on any atom is -0.484 e. The van der Waals surface area contributed by atoms with Crippen molar-refractivity contribution in [2.24, 2.45) is 5.73 Å². The van der Waals surface area contributed by atoms with Crippen LogP contribution in [0.25, 0.3) is 0 Å². The lowest BCUT2D eigenvalue weighted by Gasteiger charge is -2.13. The molecule has 0 fully saturated rings. The largest absolute Gasteiger partial charge is 0.484 e. The third kappa shape index (κ3) is 6.11. The molecule has 0 aromatic heterocycles. The molecule has 1 aromatic rings. The Morgan fingerprint density at radius 3 is 2.74 bits per heavy atom.